The minimum absolute atomic E-state index is 0. The summed E-state index contributed by atoms with van der Waals surface area (Å²) in [7, 11) is -1.95. The van der Waals surface area contributed by atoms with Crippen LogP contribution in [-0.2, 0) is 17.1 Å². The average Bonchev–Trinajstić information content (AvgIpc) is 2.70. The number of rotatable bonds is 6. The van der Waals surface area contributed by atoms with E-state index in [-0.39, 0.29) is 17.4 Å². The normalized spacial score (nSPS) is 17.2. The van der Waals surface area contributed by atoms with Gasteiger partial charge in [-0.3, -0.25) is 0 Å². The number of hydrogen-bond acceptors (Lipinski definition) is 5. The van der Waals surface area contributed by atoms with Crippen molar-refractivity contribution in [2.24, 2.45) is 7.05 Å². The molecular formula is C12H24ClN5O2S. The van der Waals surface area contributed by atoms with Crippen LogP contribution in [0.4, 0.5) is 0 Å². The van der Waals surface area contributed by atoms with Crippen LogP contribution < -0.4 is 10.0 Å². The highest BCUT2D eigenvalue weighted by Gasteiger charge is 2.18. The van der Waals surface area contributed by atoms with Gasteiger partial charge >= 0.3 is 0 Å². The van der Waals surface area contributed by atoms with Gasteiger partial charge in [-0.15, -0.1) is 17.5 Å². The number of nitrogens with zero attached hydrogens (tertiary/aromatic N) is 3. The van der Waals surface area contributed by atoms with E-state index < -0.39 is 10.0 Å². The van der Waals surface area contributed by atoms with Gasteiger partial charge in [0.2, 0.25) is 0 Å². The summed E-state index contributed by atoms with van der Waals surface area (Å²) in [4.78, 5) is 0. The van der Waals surface area contributed by atoms with Crippen molar-refractivity contribution in [1.82, 2.24) is 25.0 Å². The number of aromatic nitrogens is 3. The van der Waals surface area contributed by atoms with Crippen LogP contribution in [0, 0.1) is 0 Å². The first kappa shape index (κ1) is 18.3. The molecule has 0 aliphatic heterocycles. The lowest BCUT2D eigenvalue weighted by atomic mass is 10.1. The Labute approximate surface area is 132 Å². The van der Waals surface area contributed by atoms with E-state index in [1.54, 1.807) is 7.05 Å². The van der Waals surface area contributed by atoms with Crippen molar-refractivity contribution in [3.8, 4) is 0 Å². The Morgan fingerprint density at radius 1 is 1.24 bits per heavy atom. The second-order valence-corrected chi connectivity index (χ2v) is 6.95. The van der Waals surface area contributed by atoms with E-state index in [4.69, 9.17) is 0 Å². The van der Waals surface area contributed by atoms with Gasteiger partial charge in [0.25, 0.3) is 10.0 Å². The molecule has 0 aromatic carbocycles. The second kappa shape index (κ2) is 8.67. The zero-order valence-corrected chi connectivity index (χ0v) is 13.9. The first-order chi connectivity index (χ1) is 9.59. The van der Waals surface area contributed by atoms with Gasteiger partial charge in [0.1, 0.15) is 0 Å². The molecule has 122 valence electrons. The molecule has 1 aromatic heterocycles. The summed E-state index contributed by atoms with van der Waals surface area (Å²) in [6.45, 7) is 1.03. The molecule has 21 heavy (non-hydrogen) atoms. The van der Waals surface area contributed by atoms with Gasteiger partial charge in [0.05, 0.1) is 6.20 Å². The molecule has 1 fully saturated rings. The van der Waals surface area contributed by atoms with Gasteiger partial charge in [-0.25, -0.2) is 17.8 Å². The topological polar surface area (TPSA) is 88.9 Å². The number of nitrogens with one attached hydrogen (secondary N) is 2. The maximum absolute atomic E-state index is 12.0. The third-order valence-corrected chi connectivity index (χ3v) is 5.16. The summed E-state index contributed by atoms with van der Waals surface area (Å²) in [5.41, 5.74) is 0. The number of halogens is 1. The van der Waals surface area contributed by atoms with E-state index in [1.165, 1.54) is 49.4 Å². The Morgan fingerprint density at radius 3 is 2.48 bits per heavy atom. The maximum Gasteiger partial charge on any atom is 0.259 e. The summed E-state index contributed by atoms with van der Waals surface area (Å²) >= 11 is 0. The van der Waals surface area contributed by atoms with Crippen molar-refractivity contribution < 1.29 is 8.42 Å². The van der Waals surface area contributed by atoms with E-state index in [9.17, 15) is 8.42 Å². The Kier molecular flexibility index (Phi) is 7.58. The second-order valence-electron chi connectivity index (χ2n) is 5.24. The molecular weight excluding hydrogens is 314 g/mol. The molecule has 0 radical (unpaired) electrons. The van der Waals surface area contributed by atoms with E-state index in [2.05, 4.69) is 20.4 Å². The Morgan fingerprint density at radius 2 is 1.90 bits per heavy atom. The number of aryl methyl sites for hydroxylation is 1. The molecule has 2 N–H and O–H groups in total. The van der Waals surface area contributed by atoms with Gasteiger partial charge in [0, 0.05) is 26.2 Å². The van der Waals surface area contributed by atoms with Crippen molar-refractivity contribution in [2.75, 3.05) is 13.1 Å². The lowest BCUT2D eigenvalue weighted by molar-refractivity contribution is 0.461. The SMILES string of the molecule is Cl.Cn1nncc1S(=O)(=O)NCCNC1CCCCCC1. The maximum atomic E-state index is 12.0. The lowest BCUT2D eigenvalue weighted by Crippen LogP contribution is -2.37. The van der Waals surface area contributed by atoms with Crippen molar-refractivity contribution in [3.05, 3.63) is 6.20 Å². The summed E-state index contributed by atoms with van der Waals surface area (Å²) in [6, 6.07) is 0.528. The Bertz CT molecular complexity index is 511. The molecule has 1 aromatic rings. The fourth-order valence-corrected chi connectivity index (χ4v) is 3.63. The molecule has 0 spiro atoms. The van der Waals surface area contributed by atoms with E-state index in [1.807, 2.05) is 0 Å². The Hall–Kier alpha value is -0.700. The van der Waals surface area contributed by atoms with Crippen LogP contribution in [0.1, 0.15) is 38.5 Å². The van der Waals surface area contributed by atoms with Gasteiger partial charge in [-0.2, -0.15) is 0 Å². The monoisotopic (exact) mass is 337 g/mol. The zero-order valence-electron chi connectivity index (χ0n) is 12.3. The quantitative estimate of drug-likeness (QED) is 0.593. The van der Waals surface area contributed by atoms with E-state index in [0.29, 0.717) is 19.1 Å². The van der Waals surface area contributed by atoms with Crippen LogP contribution in [0.25, 0.3) is 0 Å². The Balaban J connectivity index is 0.00000220. The molecule has 9 heteroatoms. The van der Waals surface area contributed by atoms with Crippen LogP contribution in [0.15, 0.2) is 11.2 Å². The molecule has 1 saturated carbocycles. The molecule has 0 amide bonds. The fourth-order valence-electron chi connectivity index (χ4n) is 2.54. The molecule has 1 aliphatic rings. The highest BCUT2D eigenvalue weighted by molar-refractivity contribution is 7.89. The smallest absolute Gasteiger partial charge is 0.259 e. The van der Waals surface area contributed by atoms with Crippen molar-refractivity contribution >= 4 is 22.4 Å². The van der Waals surface area contributed by atoms with Crippen molar-refractivity contribution in [3.63, 3.8) is 0 Å². The molecule has 0 atom stereocenters. The van der Waals surface area contributed by atoms with Gasteiger partial charge in [-0.05, 0) is 12.8 Å². The average molecular weight is 338 g/mol. The van der Waals surface area contributed by atoms with Gasteiger partial charge in [-0.1, -0.05) is 30.9 Å². The third-order valence-electron chi connectivity index (χ3n) is 3.65. The summed E-state index contributed by atoms with van der Waals surface area (Å²) in [5, 5.41) is 10.7. The van der Waals surface area contributed by atoms with Crippen LogP contribution in [-0.4, -0.2) is 42.5 Å². The molecule has 0 bridgehead atoms. The van der Waals surface area contributed by atoms with Crippen molar-refractivity contribution in [1.29, 1.82) is 0 Å². The molecule has 1 aliphatic carbocycles. The third kappa shape index (κ3) is 5.54. The first-order valence-electron chi connectivity index (χ1n) is 7.17. The molecule has 1 heterocycles. The predicted octanol–water partition coefficient (Wildman–Crippen LogP) is 0.828. The largest absolute Gasteiger partial charge is 0.313 e. The predicted molar refractivity (Wildman–Crippen MR) is 82.9 cm³/mol. The summed E-state index contributed by atoms with van der Waals surface area (Å²) < 4.78 is 27.8. The minimum Gasteiger partial charge on any atom is -0.313 e. The zero-order chi connectivity index (χ0) is 14.4. The lowest BCUT2D eigenvalue weighted by Gasteiger charge is -2.16. The number of hydrogen-bond donors (Lipinski definition) is 2. The highest BCUT2D eigenvalue weighted by atomic mass is 35.5. The van der Waals surface area contributed by atoms with Crippen LogP contribution in [0.5, 0.6) is 0 Å². The van der Waals surface area contributed by atoms with Crippen LogP contribution >= 0.6 is 12.4 Å². The van der Waals surface area contributed by atoms with Crippen LogP contribution in [0.3, 0.4) is 0 Å². The van der Waals surface area contributed by atoms with E-state index in [0.717, 1.165) is 0 Å². The van der Waals surface area contributed by atoms with Gasteiger partial charge < -0.3 is 5.32 Å². The highest BCUT2D eigenvalue weighted by Crippen LogP contribution is 2.16. The number of sulfonamides is 1. The first-order valence-corrected chi connectivity index (χ1v) is 8.65. The summed E-state index contributed by atoms with van der Waals surface area (Å²) in [5.74, 6) is 0. The molecule has 0 unspecified atom stereocenters. The minimum atomic E-state index is -3.51. The molecule has 2 rings (SSSR count). The molecule has 0 saturated heterocycles. The summed E-state index contributed by atoms with van der Waals surface area (Å²) in [6.07, 6.45) is 8.81. The standard InChI is InChI=1S/C12H23N5O2S.ClH/c1-17-12(10-14-16-17)20(18,19)15-9-8-13-11-6-4-2-3-5-7-11;/h10-11,13,15H,2-9H2,1H3;1H. The van der Waals surface area contributed by atoms with Crippen molar-refractivity contribution in [2.45, 2.75) is 49.6 Å². The fraction of sp³-hybridized carbons (Fsp3) is 0.833. The van der Waals surface area contributed by atoms with Crippen LogP contribution in [0.2, 0.25) is 0 Å². The van der Waals surface area contributed by atoms with Gasteiger partial charge in [0.15, 0.2) is 5.03 Å². The van der Waals surface area contributed by atoms with E-state index >= 15 is 0 Å². The molecule has 7 nitrogen and oxygen atoms in total.